The number of nitrogens with zero attached hydrogens (tertiary/aromatic N) is 1. The van der Waals surface area contributed by atoms with Crippen LogP contribution in [0.15, 0.2) is 47.3 Å². The minimum absolute atomic E-state index is 0.0404. The Morgan fingerprint density at radius 2 is 1.85 bits per heavy atom. The molecular weight excluding hydrogens is 372 g/mol. The maximum atomic E-state index is 12.6. The third kappa shape index (κ3) is 4.06. The molecule has 2 aromatic carbocycles. The normalized spacial score (nSPS) is 11.2. The molecule has 0 bridgehead atoms. The van der Waals surface area contributed by atoms with Crippen LogP contribution in [0.5, 0.6) is 5.75 Å². The molecule has 0 radical (unpaired) electrons. The fourth-order valence-corrected chi connectivity index (χ4v) is 3.10. The lowest BCUT2D eigenvalue weighted by Gasteiger charge is -2.12. The number of aromatic amines is 1. The highest BCUT2D eigenvalue weighted by Crippen LogP contribution is 2.29. The molecule has 1 amide bonds. The average molecular weight is 388 g/mol. The third-order valence-electron chi connectivity index (χ3n) is 3.66. The lowest BCUT2D eigenvalue weighted by atomic mass is 10.1. The van der Waals surface area contributed by atoms with E-state index in [0.29, 0.717) is 22.2 Å². The van der Waals surface area contributed by atoms with E-state index in [-0.39, 0.29) is 11.4 Å². The highest BCUT2D eigenvalue weighted by Gasteiger charge is 2.16. The number of ether oxygens (including phenoxy) is 1. The Labute approximate surface area is 154 Å². The molecule has 10 heteroatoms. The molecule has 3 aromatic rings. The number of anilines is 2. The molecule has 0 saturated heterocycles. The zero-order valence-corrected chi connectivity index (χ0v) is 15.3. The van der Waals surface area contributed by atoms with Gasteiger partial charge in [-0.1, -0.05) is 18.2 Å². The molecule has 0 aliphatic heterocycles. The van der Waals surface area contributed by atoms with Gasteiger partial charge in [-0.15, -0.1) is 0 Å². The fraction of sp³-hybridized carbons (Fsp3) is 0.118. The number of benzene rings is 2. The molecule has 0 fully saturated rings. The number of fused-ring (bicyclic) bond motifs is 1. The number of hydrogen-bond acceptors (Lipinski definition) is 6. The van der Waals surface area contributed by atoms with E-state index in [1.807, 2.05) is 0 Å². The summed E-state index contributed by atoms with van der Waals surface area (Å²) in [5.41, 5.74) is 0.144. The molecule has 9 nitrogen and oxygen atoms in total. The Morgan fingerprint density at radius 3 is 2.52 bits per heavy atom. The van der Waals surface area contributed by atoms with Gasteiger partial charge >= 0.3 is 0 Å². The van der Waals surface area contributed by atoms with E-state index < -0.39 is 21.5 Å². The van der Waals surface area contributed by atoms with Crippen LogP contribution in [0.1, 0.15) is 10.5 Å². The first-order valence-electron chi connectivity index (χ1n) is 7.73. The number of methoxy groups -OCH3 is 1. The monoisotopic (exact) mass is 388 g/mol. The van der Waals surface area contributed by atoms with Crippen molar-refractivity contribution in [2.24, 2.45) is 0 Å². The first kappa shape index (κ1) is 18.4. The summed E-state index contributed by atoms with van der Waals surface area (Å²) in [7, 11) is -2.14. The quantitative estimate of drug-likeness (QED) is 0.608. The van der Waals surface area contributed by atoms with Crippen LogP contribution in [0.4, 0.5) is 11.4 Å². The molecule has 3 N–H and O–H groups in total. The van der Waals surface area contributed by atoms with Crippen molar-refractivity contribution in [1.82, 2.24) is 10.2 Å². The minimum Gasteiger partial charge on any atom is -0.495 e. The van der Waals surface area contributed by atoms with Crippen LogP contribution >= 0.6 is 0 Å². The number of nitrogens with one attached hydrogen (secondary N) is 3. The number of aromatic nitrogens is 2. The molecule has 1 heterocycles. The number of rotatable bonds is 5. The maximum absolute atomic E-state index is 12.6. The summed E-state index contributed by atoms with van der Waals surface area (Å²) in [5, 5.41) is 9.50. The van der Waals surface area contributed by atoms with Crippen molar-refractivity contribution >= 4 is 38.1 Å². The molecular formula is C17H16N4O5S. The van der Waals surface area contributed by atoms with Crippen molar-refractivity contribution in [2.75, 3.05) is 23.4 Å². The summed E-state index contributed by atoms with van der Waals surface area (Å²) in [6.07, 6.45) is 1.01. The predicted octanol–water partition coefficient (Wildman–Crippen LogP) is 1.56. The van der Waals surface area contributed by atoms with Gasteiger partial charge in [0.15, 0.2) is 5.69 Å². The number of amides is 1. The summed E-state index contributed by atoms with van der Waals surface area (Å²) in [6.45, 7) is 0. The van der Waals surface area contributed by atoms with Gasteiger partial charge in [0.1, 0.15) is 5.75 Å². The van der Waals surface area contributed by atoms with E-state index >= 15 is 0 Å². The Hall–Kier alpha value is -3.40. The van der Waals surface area contributed by atoms with Gasteiger partial charge < -0.3 is 10.1 Å². The average Bonchev–Trinajstić information content (AvgIpc) is 2.61. The Bertz CT molecular complexity index is 1190. The summed E-state index contributed by atoms with van der Waals surface area (Å²) in [4.78, 5) is 24.5. The van der Waals surface area contributed by atoms with Crippen molar-refractivity contribution in [3.05, 3.63) is 58.5 Å². The fourth-order valence-electron chi connectivity index (χ4n) is 2.54. The van der Waals surface area contributed by atoms with Gasteiger partial charge in [-0.05, 0) is 24.3 Å². The van der Waals surface area contributed by atoms with Gasteiger partial charge in [-0.25, -0.2) is 13.5 Å². The first-order valence-corrected chi connectivity index (χ1v) is 9.62. The predicted molar refractivity (Wildman–Crippen MR) is 102 cm³/mol. The molecule has 3 rings (SSSR count). The van der Waals surface area contributed by atoms with E-state index in [0.717, 1.165) is 6.26 Å². The zero-order valence-electron chi connectivity index (χ0n) is 14.4. The lowest BCUT2D eigenvalue weighted by molar-refractivity contribution is 0.102. The second-order valence-electron chi connectivity index (χ2n) is 5.69. The van der Waals surface area contributed by atoms with Crippen molar-refractivity contribution in [3.63, 3.8) is 0 Å². The van der Waals surface area contributed by atoms with Crippen LogP contribution in [0.3, 0.4) is 0 Å². The van der Waals surface area contributed by atoms with Crippen molar-refractivity contribution in [3.8, 4) is 5.75 Å². The highest BCUT2D eigenvalue weighted by molar-refractivity contribution is 7.92. The second-order valence-corrected chi connectivity index (χ2v) is 7.44. The van der Waals surface area contributed by atoms with E-state index in [1.54, 1.807) is 30.3 Å². The Balaban J connectivity index is 1.96. The molecule has 1 aromatic heterocycles. The van der Waals surface area contributed by atoms with E-state index in [4.69, 9.17) is 4.74 Å². The van der Waals surface area contributed by atoms with Gasteiger partial charge in [-0.3, -0.25) is 14.3 Å². The van der Waals surface area contributed by atoms with Crippen LogP contribution in [-0.4, -0.2) is 37.9 Å². The van der Waals surface area contributed by atoms with Crippen LogP contribution in [0.2, 0.25) is 0 Å². The van der Waals surface area contributed by atoms with Gasteiger partial charge in [0.05, 0.1) is 24.4 Å². The second kappa shape index (κ2) is 7.08. The van der Waals surface area contributed by atoms with E-state index in [2.05, 4.69) is 20.2 Å². The van der Waals surface area contributed by atoms with Crippen LogP contribution < -0.4 is 20.3 Å². The molecule has 0 aliphatic rings. The highest BCUT2D eigenvalue weighted by atomic mass is 32.2. The molecule has 140 valence electrons. The van der Waals surface area contributed by atoms with Crippen molar-refractivity contribution in [1.29, 1.82) is 0 Å². The number of H-pyrrole nitrogens is 1. The molecule has 0 unspecified atom stereocenters. The number of sulfonamides is 1. The van der Waals surface area contributed by atoms with E-state index in [9.17, 15) is 18.0 Å². The topological polar surface area (TPSA) is 130 Å². The van der Waals surface area contributed by atoms with E-state index in [1.165, 1.54) is 19.2 Å². The Morgan fingerprint density at radius 1 is 1.15 bits per heavy atom. The molecule has 0 saturated carbocycles. The number of hydrogen-bond donors (Lipinski definition) is 3. The number of carbonyl (C=O) groups is 1. The lowest BCUT2D eigenvalue weighted by Crippen LogP contribution is -2.19. The molecule has 0 spiro atoms. The summed E-state index contributed by atoms with van der Waals surface area (Å²) >= 11 is 0. The van der Waals surface area contributed by atoms with Crippen LogP contribution in [0.25, 0.3) is 10.8 Å². The first-order chi connectivity index (χ1) is 12.8. The van der Waals surface area contributed by atoms with Crippen molar-refractivity contribution < 1.29 is 17.9 Å². The number of carbonyl (C=O) groups excluding carboxylic acids is 1. The summed E-state index contributed by atoms with van der Waals surface area (Å²) in [5.74, 6) is -0.260. The van der Waals surface area contributed by atoms with Crippen LogP contribution in [0, 0.1) is 0 Å². The summed E-state index contributed by atoms with van der Waals surface area (Å²) < 4.78 is 30.4. The third-order valence-corrected chi connectivity index (χ3v) is 4.25. The van der Waals surface area contributed by atoms with Gasteiger partial charge in [0.2, 0.25) is 10.0 Å². The largest absolute Gasteiger partial charge is 0.495 e. The molecule has 0 aliphatic carbocycles. The van der Waals surface area contributed by atoms with Gasteiger partial charge in [0, 0.05) is 11.1 Å². The minimum atomic E-state index is -3.54. The SMILES string of the molecule is COc1ccc(NC(=O)c2n[nH]c(=O)c3ccccc23)cc1NS(C)(=O)=O. The Kier molecular flexibility index (Phi) is 4.82. The standard InChI is InChI=1S/C17H16N4O5S/c1-26-14-8-7-10(9-13(14)21-27(2,24)25)18-17(23)15-11-5-3-4-6-12(11)16(22)20-19-15/h3-9,21H,1-2H3,(H,18,23)(H,20,22). The zero-order chi connectivity index (χ0) is 19.6. The smallest absolute Gasteiger partial charge is 0.276 e. The van der Waals surface area contributed by atoms with Crippen molar-refractivity contribution in [2.45, 2.75) is 0 Å². The molecule has 0 atom stereocenters. The van der Waals surface area contributed by atoms with Gasteiger partial charge in [-0.2, -0.15) is 5.10 Å². The molecule has 27 heavy (non-hydrogen) atoms. The summed E-state index contributed by atoms with van der Waals surface area (Å²) in [6, 6.07) is 11.1. The van der Waals surface area contributed by atoms with Crippen LogP contribution in [-0.2, 0) is 10.0 Å². The maximum Gasteiger partial charge on any atom is 0.276 e. The van der Waals surface area contributed by atoms with Gasteiger partial charge in [0.25, 0.3) is 11.5 Å².